The van der Waals surface area contributed by atoms with Crippen molar-refractivity contribution >= 4 is 15.7 Å². The molecule has 0 atom stereocenters. The molecule has 0 unspecified atom stereocenters. The minimum absolute atomic E-state index is 0.0628. The molecule has 0 aromatic heterocycles. The zero-order valence-electron chi connectivity index (χ0n) is 7.97. The highest BCUT2D eigenvalue weighted by molar-refractivity contribution is 7.93. The number of benzene rings is 1. The molecule has 90 valence electrons. The first-order valence-corrected chi connectivity index (χ1v) is 5.47. The molecule has 1 aromatic carbocycles. The Morgan fingerprint density at radius 1 is 1.25 bits per heavy atom. The van der Waals surface area contributed by atoms with Gasteiger partial charge in [0.05, 0.1) is 5.69 Å². The van der Waals surface area contributed by atoms with E-state index in [1.165, 1.54) is 11.6 Å². The van der Waals surface area contributed by atoms with Gasteiger partial charge in [0.15, 0.2) is 0 Å². The lowest BCUT2D eigenvalue weighted by molar-refractivity contribution is -0.0429. The van der Waals surface area contributed by atoms with E-state index in [0.717, 1.165) is 18.2 Å². The number of hydrogen-bond donors (Lipinski definition) is 1. The van der Waals surface area contributed by atoms with Crippen LogP contribution in [-0.2, 0) is 10.0 Å². The first-order valence-electron chi connectivity index (χ1n) is 3.99. The Morgan fingerprint density at radius 2 is 1.81 bits per heavy atom. The van der Waals surface area contributed by atoms with E-state index in [9.17, 15) is 26.0 Å². The van der Waals surface area contributed by atoms with Crippen molar-refractivity contribution in [1.29, 1.82) is 0 Å². The summed E-state index contributed by atoms with van der Waals surface area (Å²) in [6, 6.07) is 2.71. The van der Waals surface area contributed by atoms with Gasteiger partial charge < -0.3 is 0 Å². The van der Waals surface area contributed by atoms with Crippen molar-refractivity contribution in [1.82, 2.24) is 0 Å². The van der Waals surface area contributed by atoms with Crippen LogP contribution in [0.15, 0.2) is 18.2 Å². The minimum atomic E-state index is -5.46. The highest BCUT2D eigenvalue weighted by Crippen LogP contribution is 2.26. The number of rotatable bonds is 2. The van der Waals surface area contributed by atoms with E-state index in [1.807, 2.05) is 0 Å². The van der Waals surface area contributed by atoms with Gasteiger partial charge in [-0.05, 0) is 30.7 Å². The molecule has 0 saturated heterocycles. The molecule has 0 heterocycles. The van der Waals surface area contributed by atoms with Gasteiger partial charge in [-0.3, -0.25) is 4.72 Å². The van der Waals surface area contributed by atoms with Gasteiger partial charge in [0.1, 0.15) is 5.82 Å². The maximum atomic E-state index is 12.6. The zero-order valence-corrected chi connectivity index (χ0v) is 8.79. The summed E-state index contributed by atoms with van der Waals surface area (Å²) in [7, 11) is -5.46. The van der Waals surface area contributed by atoms with Crippen molar-refractivity contribution in [3.63, 3.8) is 0 Å². The van der Waals surface area contributed by atoms with Crippen LogP contribution in [0.3, 0.4) is 0 Å². The molecule has 0 spiro atoms. The summed E-state index contributed by atoms with van der Waals surface area (Å²) in [5.41, 5.74) is -5.64. The van der Waals surface area contributed by atoms with E-state index in [0.29, 0.717) is 0 Å². The summed E-state index contributed by atoms with van der Waals surface area (Å²) in [6.45, 7) is 1.29. The topological polar surface area (TPSA) is 46.2 Å². The Labute approximate surface area is 89.1 Å². The Morgan fingerprint density at radius 3 is 2.25 bits per heavy atom. The largest absolute Gasteiger partial charge is 0.516 e. The van der Waals surface area contributed by atoms with Gasteiger partial charge in [0.25, 0.3) is 0 Å². The lowest BCUT2D eigenvalue weighted by atomic mass is 10.2. The van der Waals surface area contributed by atoms with Gasteiger partial charge in [0, 0.05) is 0 Å². The van der Waals surface area contributed by atoms with Gasteiger partial charge in [-0.25, -0.2) is 4.39 Å². The van der Waals surface area contributed by atoms with Gasteiger partial charge >= 0.3 is 15.5 Å². The Balaban J connectivity index is 3.07. The molecule has 0 aliphatic heterocycles. The maximum absolute atomic E-state index is 12.6. The molecule has 16 heavy (non-hydrogen) atoms. The normalized spacial score (nSPS) is 12.6. The number of anilines is 1. The van der Waals surface area contributed by atoms with Gasteiger partial charge in [-0.15, -0.1) is 0 Å². The standard InChI is InChI=1S/C8H7F4NO2S/c1-5-4-6(9)2-3-7(5)13-16(14,15)8(10,11)12/h2-4,13H,1H3. The molecular weight excluding hydrogens is 250 g/mol. The van der Waals surface area contributed by atoms with E-state index < -0.39 is 21.3 Å². The number of sulfonamides is 1. The Hall–Kier alpha value is -1.31. The molecule has 1 aromatic rings. The number of halogens is 4. The van der Waals surface area contributed by atoms with Crippen LogP contribution in [0.5, 0.6) is 0 Å². The lowest BCUT2D eigenvalue weighted by Crippen LogP contribution is -2.30. The predicted octanol–water partition coefficient (Wildman–Crippen LogP) is 2.40. The van der Waals surface area contributed by atoms with Crippen LogP contribution in [-0.4, -0.2) is 13.9 Å². The van der Waals surface area contributed by atoms with Crippen LogP contribution in [0.25, 0.3) is 0 Å². The quantitative estimate of drug-likeness (QED) is 0.827. The molecule has 0 fully saturated rings. The van der Waals surface area contributed by atoms with E-state index >= 15 is 0 Å². The number of aryl methyl sites for hydroxylation is 1. The summed E-state index contributed by atoms with van der Waals surface area (Å²) in [5.74, 6) is -0.660. The van der Waals surface area contributed by atoms with Crippen LogP contribution >= 0.6 is 0 Å². The van der Waals surface area contributed by atoms with Crippen molar-refractivity contribution in [3.05, 3.63) is 29.6 Å². The molecule has 0 radical (unpaired) electrons. The van der Waals surface area contributed by atoms with E-state index in [1.54, 1.807) is 0 Å². The molecule has 0 aliphatic rings. The monoisotopic (exact) mass is 257 g/mol. The second-order valence-corrected chi connectivity index (χ2v) is 4.68. The Bertz CT molecular complexity index is 495. The van der Waals surface area contributed by atoms with Crippen LogP contribution in [0, 0.1) is 12.7 Å². The first kappa shape index (κ1) is 12.8. The van der Waals surface area contributed by atoms with Crippen molar-refractivity contribution in [3.8, 4) is 0 Å². The number of hydrogen-bond acceptors (Lipinski definition) is 2. The molecule has 1 rings (SSSR count). The fraction of sp³-hybridized carbons (Fsp3) is 0.250. The van der Waals surface area contributed by atoms with Crippen molar-refractivity contribution < 1.29 is 26.0 Å². The first-order chi connectivity index (χ1) is 7.13. The second-order valence-electron chi connectivity index (χ2n) is 3.01. The van der Waals surface area contributed by atoms with Crippen molar-refractivity contribution in [2.24, 2.45) is 0 Å². The van der Waals surface area contributed by atoms with Crippen LogP contribution in [0.1, 0.15) is 5.56 Å². The number of alkyl halides is 3. The van der Waals surface area contributed by atoms with E-state index in [4.69, 9.17) is 0 Å². The summed E-state index contributed by atoms with van der Waals surface area (Å²) < 4.78 is 71.4. The highest BCUT2D eigenvalue weighted by Gasteiger charge is 2.46. The van der Waals surface area contributed by atoms with E-state index in [-0.39, 0.29) is 11.3 Å². The third-order valence-corrected chi connectivity index (χ3v) is 2.84. The maximum Gasteiger partial charge on any atom is 0.516 e. The molecule has 8 heteroatoms. The zero-order chi connectivity index (χ0) is 12.6. The molecule has 0 aliphatic carbocycles. The smallest absolute Gasteiger partial charge is 0.276 e. The molecule has 0 bridgehead atoms. The van der Waals surface area contributed by atoms with Crippen LogP contribution < -0.4 is 4.72 Å². The number of nitrogens with one attached hydrogen (secondary N) is 1. The lowest BCUT2D eigenvalue weighted by Gasteiger charge is -2.12. The minimum Gasteiger partial charge on any atom is -0.276 e. The van der Waals surface area contributed by atoms with Gasteiger partial charge in [-0.2, -0.15) is 21.6 Å². The van der Waals surface area contributed by atoms with E-state index in [2.05, 4.69) is 0 Å². The highest BCUT2D eigenvalue weighted by atomic mass is 32.2. The summed E-state index contributed by atoms with van der Waals surface area (Å²) in [4.78, 5) is 0. The van der Waals surface area contributed by atoms with Crippen molar-refractivity contribution in [2.45, 2.75) is 12.4 Å². The third kappa shape index (κ3) is 2.63. The van der Waals surface area contributed by atoms with Gasteiger partial charge in [0.2, 0.25) is 0 Å². The molecular formula is C8H7F4NO2S. The van der Waals surface area contributed by atoms with Gasteiger partial charge in [-0.1, -0.05) is 0 Å². The van der Waals surface area contributed by atoms with Crippen LogP contribution in [0.4, 0.5) is 23.2 Å². The average Bonchev–Trinajstić information content (AvgIpc) is 2.08. The predicted molar refractivity (Wildman–Crippen MR) is 49.7 cm³/mol. The third-order valence-electron chi connectivity index (χ3n) is 1.74. The SMILES string of the molecule is Cc1cc(F)ccc1NS(=O)(=O)C(F)(F)F. The summed E-state index contributed by atoms with van der Waals surface area (Å²) in [5, 5.41) is 0. The molecule has 0 saturated carbocycles. The average molecular weight is 257 g/mol. The molecule has 0 amide bonds. The summed E-state index contributed by atoms with van der Waals surface area (Å²) in [6.07, 6.45) is 0. The van der Waals surface area contributed by atoms with Crippen LogP contribution in [0.2, 0.25) is 0 Å². The van der Waals surface area contributed by atoms with Crippen molar-refractivity contribution in [2.75, 3.05) is 4.72 Å². The molecule has 3 nitrogen and oxygen atoms in total. The summed E-state index contributed by atoms with van der Waals surface area (Å²) >= 11 is 0. The fourth-order valence-electron chi connectivity index (χ4n) is 0.944. The Kier molecular flexibility index (Phi) is 3.13. The second kappa shape index (κ2) is 3.93. The molecule has 1 N–H and O–H groups in total. The fourth-order valence-corrected chi connectivity index (χ4v) is 1.58.